The second-order valence-corrected chi connectivity index (χ2v) is 2.92. The van der Waals surface area contributed by atoms with E-state index in [1.165, 1.54) is 12.2 Å². The van der Waals surface area contributed by atoms with Crippen LogP contribution in [0.15, 0.2) is 24.3 Å². The van der Waals surface area contributed by atoms with Gasteiger partial charge in [-0.2, -0.15) is 0 Å². The molecule has 0 aromatic rings. The summed E-state index contributed by atoms with van der Waals surface area (Å²) in [6.07, 6.45) is 5.79. The van der Waals surface area contributed by atoms with E-state index in [1.807, 2.05) is 0 Å². The second-order valence-electron chi connectivity index (χ2n) is 2.92. The molecule has 1 aliphatic carbocycles. The highest BCUT2D eigenvalue weighted by molar-refractivity contribution is 5.68. The van der Waals surface area contributed by atoms with Gasteiger partial charge in [0.1, 0.15) is 6.42 Å². The number of nitro groups is 1. The minimum absolute atomic E-state index is 0.142. The Morgan fingerprint density at radius 3 is 2.69 bits per heavy atom. The summed E-state index contributed by atoms with van der Waals surface area (Å²) >= 11 is 0. The Balaban J connectivity index is 2.88. The molecule has 1 atom stereocenters. The van der Waals surface area contributed by atoms with Crippen LogP contribution in [-0.4, -0.2) is 21.5 Å². The summed E-state index contributed by atoms with van der Waals surface area (Å²) in [7, 11) is 0. The van der Waals surface area contributed by atoms with E-state index in [0.717, 1.165) is 0 Å². The summed E-state index contributed by atoms with van der Waals surface area (Å²) < 4.78 is 0. The van der Waals surface area contributed by atoms with Crippen LogP contribution < -0.4 is 0 Å². The van der Waals surface area contributed by atoms with Crippen molar-refractivity contribution in [3.8, 4) is 0 Å². The van der Waals surface area contributed by atoms with E-state index >= 15 is 0 Å². The molecule has 0 amide bonds. The lowest BCUT2D eigenvalue weighted by atomic mass is 9.89. The van der Waals surface area contributed by atoms with Gasteiger partial charge in [0, 0.05) is 11.3 Å². The Bertz CT molecular complexity index is 295. The highest BCUT2D eigenvalue weighted by Crippen LogP contribution is 2.25. The van der Waals surface area contributed by atoms with E-state index in [9.17, 15) is 14.9 Å². The summed E-state index contributed by atoms with van der Waals surface area (Å²) in [5.74, 6) is -1.16. The third kappa shape index (κ3) is 1.93. The van der Waals surface area contributed by atoms with Crippen molar-refractivity contribution in [2.24, 2.45) is 0 Å². The molecule has 0 bridgehead atoms. The van der Waals surface area contributed by atoms with Gasteiger partial charge >= 0.3 is 5.97 Å². The summed E-state index contributed by atoms with van der Waals surface area (Å²) in [6.45, 7) is 0. The number of allylic oxidation sites excluding steroid dienone is 2. The topological polar surface area (TPSA) is 80.4 Å². The van der Waals surface area contributed by atoms with E-state index in [1.54, 1.807) is 12.2 Å². The fourth-order valence-corrected chi connectivity index (χ4v) is 1.25. The molecule has 0 aliphatic heterocycles. The Hall–Kier alpha value is -1.65. The van der Waals surface area contributed by atoms with Gasteiger partial charge in [0.05, 0.1) is 0 Å². The number of nitrogens with zero attached hydrogens (tertiary/aromatic N) is 1. The average molecular weight is 183 g/mol. The van der Waals surface area contributed by atoms with Crippen LogP contribution in [0.2, 0.25) is 0 Å². The maximum atomic E-state index is 10.7. The van der Waals surface area contributed by atoms with Crippen LogP contribution in [0.1, 0.15) is 12.8 Å². The van der Waals surface area contributed by atoms with E-state index < -0.39 is 22.9 Å². The van der Waals surface area contributed by atoms with Gasteiger partial charge < -0.3 is 5.11 Å². The zero-order valence-corrected chi connectivity index (χ0v) is 6.84. The average Bonchev–Trinajstić information content (AvgIpc) is 2.04. The highest BCUT2D eigenvalue weighted by Gasteiger charge is 2.42. The van der Waals surface area contributed by atoms with E-state index in [2.05, 4.69) is 0 Å². The normalized spacial score (nSPS) is 25.8. The van der Waals surface area contributed by atoms with Gasteiger partial charge in [-0.3, -0.25) is 14.9 Å². The molecule has 5 heteroatoms. The van der Waals surface area contributed by atoms with Crippen molar-refractivity contribution in [3.63, 3.8) is 0 Å². The minimum Gasteiger partial charge on any atom is -0.481 e. The van der Waals surface area contributed by atoms with Crippen LogP contribution in [0, 0.1) is 10.1 Å². The lowest BCUT2D eigenvalue weighted by molar-refractivity contribution is -0.553. The van der Waals surface area contributed by atoms with Crippen molar-refractivity contribution >= 4 is 5.97 Å². The molecule has 1 rings (SSSR count). The fourth-order valence-electron chi connectivity index (χ4n) is 1.25. The number of carbonyl (C=O) groups is 1. The SMILES string of the molecule is O=C(O)CC1([N+](=O)[O-])C=CC=CC1. The van der Waals surface area contributed by atoms with Crippen LogP contribution in [0.25, 0.3) is 0 Å². The molecular weight excluding hydrogens is 174 g/mol. The molecule has 0 saturated carbocycles. The predicted octanol–water partition coefficient (Wildman–Crippen LogP) is 0.993. The molecule has 1 N–H and O–H groups in total. The molecule has 0 fully saturated rings. The van der Waals surface area contributed by atoms with Gasteiger partial charge in [-0.1, -0.05) is 18.2 Å². The Morgan fingerprint density at radius 1 is 1.62 bits per heavy atom. The molecule has 0 spiro atoms. The summed E-state index contributed by atoms with van der Waals surface area (Å²) in [5.41, 5.74) is -1.44. The van der Waals surface area contributed by atoms with Gasteiger partial charge in [-0.15, -0.1) is 0 Å². The monoisotopic (exact) mass is 183 g/mol. The molecule has 0 saturated heterocycles. The van der Waals surface area contributed by atoms with Gasteiger partial charge in [0.15, 0.2) is 0 Å². The smallest absolute Gasteiger partial charge is 0.311 e. The Labute approximate surface area is 74.5 Å². The van der Waals surface area contributed by atoms with E-state index in [4.69, 9.17) is 5.11 Å². The molecule has 70 valence electrons. The molecule has 0 heterocycles. The summed E-state index contributed by atoms with van der Waals surface area (Å²) in [5, 5.41) is 19.2. The van der Waals surface area contributed by atoms with Crippen molar-refractivity contribution in [2.75, 3.05) is 0 Å². The van der Waals surface area contributed by atoms with Crippen LogP contribution in [-0.2, 0) is 4.79 Å². The Morgan fingerprint density at radius 2 is 2.31 bits per heavy atom. The first-order valence-corrected chi connectivity index (χ1v) is 3.77. The quantitative estimate of drug-likeness (QED) is 0.522. The number of aliphatic carboxylic acids is 1. The van der Waals surface area contributed by atoms with Gasteiger partial charge in [0.2, 0.25) is 0 Å². The highest BCUT2D eigenvalue weighted by atomic mass is 16.6. The standard InChI is InChI=1S/C8H9NO4/c10-7(11)6-8(9(12)13)4-2-1-3-5-8/h1-4H,5-6H2,(H,10,11). The van der Waals surface area contributed by atoms with Crippen molar-refractivity contribution in [1.29, 1.82) is 0 Å². The molecular formula is C8H9NO4. The number of hydrogen-bond acceptors (Lipinski definition) is 3. The van der Waals surface area contributed by atoms with E-state index in [0.29, 0.717) is 0 Å². The number of carboxylic acids is 1. The predicted molar refractivity (Wildman–Crippen MR) is 44.9 cm³/mol. The van der Waals surface area contributed by atoms with E-state index in [-0.39, 0.29) is 6.42 Å². The molecule has 13 heavy (non-hydrogen) atoms. The summed E-state index contributed by atoms with van der Waals surface area (Å²) in [4.78, 5) is 20.5. The van der Waals surface area contributed by atoms with Gasteiger partial charge in [-0.25, -0.2) is 0 Å². The largest absolute Gasteiger partial charge is 0.481 e. The molecule has 1 unspecified atom stereocenters. The lowest BCUT2D eigenvalue weighted by Gasteiger charge is -2.19. The van der Waals surface area contributed by atoms with Crippen molar-refractivity contribution in [2.45, 2.75) is 18.4 Å². The molecule has 0 aromatic carbocycles. The van der Waals surface area contributed by atoms with Crippen LogP contribution in [0.3, 0.4) is 0 Å². The zero-order valence-electron chi connectivity index (χ0n) is 6.84. The molecule has 0 radical (unpaired) electrons. The van der Waals surface area contributed by atoms with Crippen LogP contribution in [0.4, 0.5) is 0 Å². The third-order valence-electron chi connectivity index (χ3n) is 1.95. The van der Waals surface area contributed by atoms with Crippen LogP contribution >= 0.6 is 0 Å². The van der Waals surface area contributed by atoms with Crippen LogP contribution in [0.5, 0.6) is 0 Å². The first-order valence-electron chi connectivity index (χ1n) is 3.77. The first-order chi connectivity index (χ1) is 6.07. The molecule has 5 nitrogen and oxygen atoms in total. The molecule has 1 aliphatic rings. The lowest BCUT2D eigenvalue weighted by Crippen LogP contribution is -2.38. The molecule has 0 aromatic heterocycles. The maximum absolute atomic E-state index is 10.7. The number of carboxylic acid groups (broad SMARTS) is 1. The van der Waals surface area contributed by atoms with Gasteiger partial charge in [-0.05, 0) is 6.08 Å². The fraction of sp³-hybridized carbons (Fsp3) is 0.375. The van der Waals surface area contributed by atoms with Crippen molar-refractivity contribution in [1.82, 2.24) is 0 Å². The van der Waals surface area contributed by atoms with Crippen molar-refractivity contribution in [3.05, 3.63) is 34.4 Å². The third-order valence-corrected chi connectivity index (χ3v) is 1.95. The van der Waals surface area contributed by atoms with Gasteiger partial charge in [0.25, 0.3) is 5.54 Å². The van der Waals surface area contributed by atoms with Crippen molar-refractivity contribution < 1.29 is 14.8 Å². The summed E-state index contributed by atoms with van der Waals surface area (Å²) in [6, 6.07) is 0. The Kier molecular flexibility index (Phi) is 2.46. The second kappa shape index (κ2) is 3.38. The maximum Gasteiger partial charge on any atom is 0.311 e. The number of rotatable bonds is 3. The number of hydrogen-bond donors (Lipinski definition) is 1. The first kappa shape index (κ1) is 9.44. The zero-order chi connectivity index (χ0) is 9.90. The minimum atomic E-state index is -1.44.